The predicted octanol–water partition coefficient (Wildman–Crippen LogP) is 3.24. The highest BCUT2D eigenvalue weighted by Gasteiger charge is 2.07. The molecule has 0 amide bonds. The summed E-state index contributed by atoms with van der Waals surface area (Å²) in [5.41, 5.74) is 10.0. The van der Waals surface area contributed by atoms with Crippen LogP contribution in [0.1, 0.15) is 22.7 Å². The number of hydrogen-bond donors (Lipinski definition) is 1. The molecule has 1 atom stereocenters. The maximum absolute atomic E-state index is 6.20. The lowest BCUT2D eigenvalue weighted by atomic mass is 9.97. The maximum Gasteiger partial charge on any atom is 0.0335 e. The minimum absolute atomic E-state index is 0.0855. The maximum atomic E-state index is 6.20. The number of nitrogens with two attached hydrogens (primary N) is 1. The Kier molecular flexibility index (Phi) is 3.37. The Morgan fingerprint density at radius 2 is 1.56 bits per heavy atom. The second-order valence-electron chi connectivity index (χ2n) is 4.15. The van der Waals surface area contributed by atoms with Gasteiger partial charge in [-0.15, -0.1) is 0 Å². The van der Waals surface area contributed by atoms with Crippen molar-refractivity contribution in [2.24, 2.45) is 5.73 Å². The van der Waals surface area contributed by atoms with Crippen LogP contribution in [0.2, 0.25) is 0 Å². The van der Waals surface area contributed by atoms with Crippen molar-refractivity contribution in [1.29, 1.82) is 0 Å². The van der Waals surface area contributed by atoms with Crippen molar-refractivity contribution >= 4 is 0 Å². The first-order chi connectivity index (χ1) is 7.77. The molecule has 82 valence electrons. The highest BCUT2D eigenvalue weighted by atomic mass is 14.6. The second-order valence-corrected chi connectivity index (χ2v) is 4.15. The summed E-state index contributed by atoms with van der Waals surface area (Å²) >= 11 is 0. The molecule has 0 saturated carbocycles. The van der Waals surface area contributed by atoms with E-state index in [1.807, 2.05) is 18.2 Å². The first-order valence-corrected chi connectivity index (χ1v) is 5.62. The van der Waals surface area contributed by atoms with E-state index in [9.17, 15) is 0 Å². The Labute approximate surface area is 96.9 Å². The van der Waals surface area contributed by atoms with Gasteiger partial charge in [0, 0.05) is 6.04 Å². The molecule has 0 aliphatic carbocycles. The number of aryl methyl sites for hydroxylation is 1. The van der Waals surface area contributed by atoms with E-state index in [0.717, 1.165) is 6.42 Å². The van der Waals surface area contributed by atoms with Crippen LogP contribution in [0.3, 0.4) is 0 Å². The monoisotopic (exact) mass is 211 g/mol. The van der Waals surface area contributed by atoms with Gasteiger partial charge in [-0.2, -0.15) is 0 Å². The van der Waals surface area contributed by atoms with E-state index >= 15 is 0 Å². The lowest BCUT2D eigenvalue weighted by molar-refractivity contribution is 0.719. The number of benzene rings is 2. The molecule has 0 spiro atoms. The van der Waals surface area contributed by atoms with Crippen molar-refractivity contribution in [2.75, 3.05) is 0 Å². The summed E-state index contributed by atoms with van der Waals surface area (Å²) in [5.74, 6) is 0. The van der Waals surface area contributed by atoms with Crippen molar-refractivity contribution in [2.45, 2.75) is 19.4 Å². The Morgan fingerprint density at radius 3 is 2.25 bits per heavy atom. The van der Waals surface area contributed by atoms with Gasteiger partial charge in [0.15, 0.2) is 0 Å². The summed E-state index contributed by atoms with van der Waals surface area (Å²) in [7, 11) is 0. The van der Waals surface area contributed by atoms with Gasteiger partial charge in [-0.05, 0) is 30.0 Å². The largest absolute Gasteiger partial charge is 0.324 e. The van der Waals surface area contributed by atoms with E-state index < -0.39 is 0 Å². The van der Waals surface area contributed by atoms with Crippen molar-refractivity contribution in [3.63, 3.8) is 0 Å². The van der Waals surface area contributed by atoms with Crippen LogP contribution >= 0.6 is 0 Å². The molecular weight excluding hydrogens is 194 g/mol. The zero-order chi connectivity index (χ0) is 11.4. The molecule has 0 bridgehead atoms. The Hall–Kier alpha value is -1.60. The van der Waals surface area contributed by atoms with E-state index in [2.05, 4.69) is 43.3 Å². The summed E-state index contributed by atoms with van der Waals surface area (Å²) in [4.78, 5) is 0. The van der Waals surface area contributed by atoms with Crippen LogP contribution in [0.4, 0.5) is 0 Å². The third kappa shape index (κ3) is 2.50. The van der Waals surface area contributed by atoms with Gasteiger partial charge in [-0.25, -0.2) is 0 Å². The molecule has 0 saturated heterocycles. The van der Waals surface area contributed by atoms with Crippen LogP contribution in [0.15, 0.2) is 54.6 Å². The molecule has 0 radical (unpaired) electrons. The Balaban J connectivity index is 2.14. The first kappa shape index (κ1) is 10.9. The van der Waals surface area contributed by atoms with Crippen LogP contribution < -0.4 is 5.73 Å². The molecule has 0 aliphatic heterocycles. The molecule has 0 aliphatic rings. The fraction of sp³-hybridized carbons (Fsp3) is 0.200. The van der Waals surface area contributed by atoms with Crippen molar-refractivity contribution in [1.82, 2.24) is 0 Å². The standard InChI is InChI=1S/C15H17N/c1-12-7-5-6-10-14(12)11-15(16)13-8-3-2-4-9-13/h2-10,15H,11,16H2,1H3/t15-/m0/s1. The van der Waals surface area contributed by atoms with E-state index in [1.54, 1.807) is 0 Å². The van der Waals surface area contributed by atoms with Gasteiger partial charge in [0.05, 0.1) is 0 Å². The third-order valence-electron chi connectivity index (χ3n) is 2.93. The minimum atomic E-state index is 0.0855. The van der Waals surface area contributed by atoms with E-state index in [4.69, 9.17) is 5.73 Å². The van der Waals surface area contributed by atoms with Crippen LogP contribution in [0, 0.1) is 6.92 Å². The van der Waals surface area contributed by atoms with Crippen molar-refractivity contribution in [3.05, 3.63) is 71.3 Å². The van der Waals surface area contributed by atoms with Crippen molar-refractivity contribution < 1.29 is 0 Å². The Morgan fingerprint density at radius 1 is 0.938 bits per heavy atom. The zero-order valence-electron chi connectivity index (χ0n) is 9.56. The Bertz CT molecular complexity index is 448. The highest BCUT2D eigenvalue weighted by Crippen LogP contribution is 2.17. The first-order valence-electron chi connectivity index (χ1n) is 5.62. The lowest BCUT2D eigenvalue weighted by Crippen LogP contribution is -2.13. The molecule has 2 N–H and O–H groups in total. The third-order valence-corrected chi connectivity index (χ3v) is 2.93. The molecule has 0 fully saturated rings. The molecule has 0 aromatic heterocycles. The average Bonchev–Trinajstić information content (AvgIpc) is 2.33. The van der Waals surface area contributed by atoms with Crippen molar-refractivity contribution in [3.8, 4) is 0 Å². The van der Waals surface area contributed by atoms with Crippen LogP contribution in [-0.2, 0) is 6.42 Å². The normalized spacial score (nSPS) is 12.4. The molecule has 2 rings (SSSR count). The predicted molar refractivity (Wildman–Crippen MR) is 68.3 cm³/mol. The van der Waals surface area contributed by atoms with Gasteiger partial charge < -0.3 is 5.73 Å². The van der Waals surface area contributed by atoms with Gasteiger partial charge in [0.25, 0.3) is 0 Å². The van der Waals surface area contributed by atoms with Gasteiger partial charge in [-0.1, -0.05) is 54.6 Å². The number of rotatable bonds is 3. The lowest BCUT2D eigenvalue weighted by Gasteiger charge is -2.13. The van der Waals surface area contributed by atoms with Gasteiger partial charge in [-0.3, -0.25) is 0 Å². The van der Waals surface area contributed by atoms with Crippen LogP contribution in [-0.4, -0.2) is 0 Å². The van der Waals surface area contributed by atoms with E-state index in [0.29, 0.717) is 0 Å². The zero-order valence-corrected chi connectivity index (χ0v) is 9.56. The summed E-state index contributed by atoms with van der Waals surface area (Å²) in [6, 6.07) is 18.8. The fourth-order valence-electron chi connectivity index (χ4n) is 1.89. The number of hydrogen-bond acceptors (Lipinski definition) is 1. The highest BCUT2D eigenvalue weighted by molar-refractivity contribution is 5.28. The van der Waals surface area contributed by atoms with Gasteiger partial charge >= 0.3 is 0 Å². The minimum Gasteiger partial charge on any atom is -0.324 e. The molecule has 0 unspecified atom stereocenters. The van der Waals surface area contributed by atoms with Gasteiger partial charge in [0.2, 0.25) is 0 Å². The molecule has 0 heterocycles. The summed E-state index contributed by atoms with van der Waals surface area (Å²) in [6.45, 7) is 2.13. The summed E-state index contributed by atoms with van der Waals surface area (Å²) in [6.07, 6.45) is 0.899. The average molecular weight is 211 g/mol. The molecule has 2 aromatic carbocycles. The molecular formula is C15H17N. The van der Waals surface area contributed by atoms with Crippen LogP contribution in [0.5, 0.6) is 0 Å². The molecule has 16 heavy (non-hydrogen) atoms. The van der Waals surface area contributed by atoms with E-state index in [-0.39, 0.29) is 6.04 Å². The molecule has 1 nitrogen and oxygen atoms in total. The second kappa shape index (κ2) is 4.95. The molecule has 2 aromatic rings. The van der Waals surface area contributed by atoms with E-state index in [1.165, 1.54) is 16.7 Å². The topological polar surface area (TPSA) is 26.0 Å². The molecule has 1 heteroatoms. The summed E-state index contributed by atoms with van der Waals surface area (Å²) in [5, 5.41) is 0. The SMILES string of the molecule is Cc1ccccc1C[C@H](N)c1ccccc1. The smallest absolute Gasteiger partial charge is 0.0335 e. The fourth-order valence-corrected chi connectivity index (χ4v) is 1.89. The van der Waals surface area contributed by atoms with Gasteiger partial charge in [0.1, 0.15) is 0 Å². The summed E-state index contributed by atoms with van der Waals surface area (Å²) < 4.78 is 0. The van der Waals surface area contributed by atoms with Crippen LogP contribution in [0.25, 0.3) is 0 Å². The quantitative estimate of drug-likeness (QED) is 0.828.